The van der Waals surface area contributed by atoms with Crippen molar-refractivity contribution < 1.29 is 9.52 Å². The Balaban J connectivity index is 1.57. The number of nitrogens with zero attached hydrogens (tertiary/aromatic N) is 2. The maximum Gasteiger partial charge on any atom is 0.236 e. The molecule has 4 rings (SSSR count). The molecule has 23 heavy (non-hydrogen) atoms. The number of aromatic nitrogens is 1. The van der Waals surface area contributed by atoms with Crippen LogP contribution in [0.4, 0.5) is 0 Å². The summed E-state index contributed by atoms with van der Waals surface area (Å²) in [6.45, 7) is 5.37. The summed E-state index contributed by atoms with van der Waals surface area (Å²) in [6.07, 6.45) is 4.63. The van der Waals surface area contributed by atoms with Crippen molar-refractivity contribution in [1.82, 2.24) is 9.88 Å². The van der Waals surface area contributed by atoms with Crippen molar-refractivity contribution >= 4 is 11.3 Å². The SMILES string of the molecule is CC[C@@]1(CO)C[C@@H]2CC[C@H]1N2Cc1nc(-c2cccs2)oc1C. The van der Waals surface area contributed by atoms with Crippen molar-refractivity contribution in [2.45, 2.75) is 58.2 Å². The van der Waals surface area contributed by atoms with Gasteiger partial charge in [0.05, 0.1) is 17.2 Å². The molecule has 2 saturated heterocycles. The van der Waals surface area contributed by atoms with E-state index in [0.717, 1.165) is 41.6 Å². The first kappa shape index (κ1) is 15.4. The lowest BCUT2D eigenvalue weighted by molar-refractivity contribution is 0.0710. The lowest BCUT2D eigenvalue weighted by Gasteiger charge is -2.35. The van der Waals surface area contributed by atoms with Crippen molar-refractivity contribution in [2.24, 2.45) is 5.41 Å². The molecule has 4 heterocycles. The molecule has 5 heteroatoms. The van der Waals surface area contributed by atoms with Gasteiger partial charge in [0.2, 0.25) is 5.89 Å². The number of rotatable bonds is 5. The maximum absolute atomic E-state index is 9.95. The van der Waals surface area contributed by atoms with E-state index in [-0.39, 0.29) is 5.41 Å². The van der Waals surface area contributed by atoms with E-state index in [9.17, 15) is 5.11 Å². The topological polar surface area (TPSA) is 49.5 Å². The summed E-state index contributed by atoms with van der Waals surface area (Å²) in [5.74, 6) is 1.66. The van der Waals surface area contributed by atoms with Gasteiger partial charge in [0, 0.05) is 24.0 Å². The van der Waals surface area contributed by atoms with E-state index in [4.69, 9.17) is 9.40 Å². The van der Waals surface area contributed by atoms with Crippen molar-refractivity contribution in [3.8, 4) is 10.8 Å². The molecule has 0 aliphatic carbocycles. The fraction of sp³-hybridized carbons (Fsp3) is 0.611. The molecule has 3 atom stereocenters. The zero-order chi connectivity index (χ0) is 16.0. The molecule has 0 amide bonds. The normalized spacial score (nSPS) is 30.4. The highest BCUT2D eigenvalue weighted by Crippen LogP contribution is 2.52. The van der Waals surface area contributed by atoms with Crippen LogP contribution in [0.2, 0.25) is 0 Å². The first-order valence-corrected chi connectivity index (χ1v) is 9.41. The monoisotopic (exact) mass is 332 g/mol. The van der Waals surface area contributed by atoms with Crippen molar-refractivity contribution in [1.29, 1.82) is 0 Å². The second-order valence-corrected chi connectivity index (χ2v) is 7.94. The summed E-state index contributed by atoms with van der Waals surface area (Å²) in [4.78, 5) is 8.41. The zero-order valence-corrected chi connectivity index (χ0v) is 14.6. The molecule has 0 saturated carbocycles. The lowest BCUT2D eigenvalue weighted by atomic mass is 9.72. The molecule has 0 unspecified atom stereocenters. The van der Waals surface area contributed by atoms with Crippen molar-refractivity contribution in [3.63, 3.8) is 0 Å². The number of aliphatic hydroxyl groups excluding tert-OH is 1. The number of fused-ring (bicyclic) bond motifs is 2. The molecule has 0 radical (unpaired) electrons. The van der Waals surface area contributed by atoms with E-state index in [2.05, 4.69) is 11.8 Å². The van der Waals surface area contributed by atoms with Crippen molar-refractivity contribution in [3.05, 3.63) is 29.0 Å². The molecule has 0 aromatic carbocycles. The largest absolute Gasteiger partial charge is 0.440 e. The van der Waals surface area contributed by atoms with Crippen LogP contribution in [0.15, 0.2) is 21.9 Å². The highest BCUT2D eigenvalue weighted by Gasteiger charge is 2.54. The van der Waals surface area contributed by atoms with Gasteiger partial charge in [-0.2, -0.15) is 0 Å². The summed E-state index contributed by atoms with van der Waals surface area (Å²) < 4.78 is 5.89. The Morgan fingerprint density at radius 2 is 2.35 bits per heavy atom. The van der Waals surface area contributed by atoms with Gasteiger partial charge in [0.15, 0.2) is 0 Å². The van der Waals surface area contributed by atoms with Gasteiger partial charge in [-0.05, 0) is 44.1 Å². The molecule has 2 bridgehead atoms. The van der Waals surface area contributed by atoms with Gasteiger partial charge in [-0.1, -0.05) is 13.0 Å². The van der Waals surface area contributed by atoms with Gasteiger partial charge in [0.1, 0.15) is 5.76 Å². The first-order chi connectivity index (χ1) is 11.2. The minimum atomic E-state index is 0.0944. The Hall–Kier alpha value is -1.17. The predicted octanol–water partition coefficient (Wildman–Crippen LogP) is 3.84. The van der Waals surface area contributed by atoms with Gasteiger partial charge in [-0.25, -0.2) is 4.98 Å². The van der Waals surface area contributed by atoms with Crippen LogP contribution in [0, 0.1) is 12.3 Å². The summed E-state index contributed by atoms with van der Waals surface area (Å²) >= 11 is 1.66. The number of hydrogen-bond acceptors (Lipinski definition) is 5. The molecule has 2 fully saturated rings. The van der Waals surface area contributed by atoms with Gasteiger partial charge < -0.3 is 9.52 Å². The third-order valence-corrected chi connectivity index (χ3v) is 6.83. The highest BCUT2D eigenvalue weighted by molar-refractivity contribution is 7.13. The molecule has 4 nitrogen and oxygen atoms in total. The second kappa shape index (κ2) is 5.72. The Bertz CT molecular complexity index is 675. The Morgan fingerprint density at radius 3 is 3.00 bits per heavy atom. The maximum atomic E-state index is 9.95. The average Bonchev–Trinajstić information content (AvgIpc) is 3.33. The number of aryl methyl sites for hydroxylation is 1. The van der Waals surface area contributed by atoms with E-state index in [1.54, 1.807) is 11.3 Å². The zero-order valence-electron chi connectivity index (χ0n) is 13.8. The summed E-state index contributed by atoms with van der Waals surface area (Å²) in [5.41, 5.74) is 1.15. The lowest BCUT2D eigenvalue weighted by Crippen LogP contribution is -2.39. The fourth-order valence-electron chi connectivity index (χ4n) is 4.57. The van der Waals surface area contributed by atoms with Crippen LogP contribution in [-0.2, 0) is 6.54 Å². The van der Waals surface area contributed by atoms with E-state index in [1.807, 2.05) is 24.4 Å². The summed E-state index contributed by atoms with van der Waals surface area (Å²) in [7, 11) is 0. The van der Waals surface area contributed by atoms with Gasteiger partial charge in [0.25, 0.3) is 0 Å². The van der Waals surface area contributed by atoms with Crippen LogP contribution >= 0.6 is 11.3 Å². The third kappa shape index (κ3) is 2.37. The van der Waals surface area contributed by atoms with Crippen LogP contribution in [0.1, 0.15) is 44.1 Å². The van der Waals surface area contributed by atoms with Gasteiger partial charge in [-0.15, -0.1) is 11.3 Å². The minimum Gasteiger partial charge on any atom is -0.440 e. The first-order valence-electron chi connectivity index (χ1n) is 8.53. The number of hydrogen-bond donors (Lipinski definition) is 1. The molecule has 2 aromatic heterocycles. The second-order valence-electron chi connectivity index (χ2n) is 7.00. The highest BCUT2D eigenvalue weighted by atomic mass is 32.1. The minimum absolute atomic E-state index is 0.0944. The fourth-order valence-corrected chi connectivity index (χ4v) is 5.22. The average molecular weight is 332 g/mol. The van der Waals surface area contributed by atoms with E-state index < -0.39 is 0 Å². The van der Waals surface area contributed by atoms with Crippen LogP contribution in [0.5, 0.6) is 0 Å². The molecular formula is C18H24N2O2S. The van der Waals surface area contributed by atoms with Crippen molar-refractivity contribution in [2.75, 3.05) is 6.61 Å². The molecule has 124 valence electrons. The molecule has 2 aliphatic rings. The van der Waals surface area contributed by atoms with E-state index in [1.165, 1.54) is 12.8 Å². The Labute approximate surface area is 141 Å². The van der Waals surface area contributed by atoms with Crippen LogP contribution < -0.4 is 0 Å². The van der Waals surface area contributed by atoms with Gasteiger partial charge in [-0.3, -0.25) is 4.90 Å². The number of aliphatic hydroxyl groups is 1. The molecule has 2 aliphatic heterocycles. The van der Waals surface area contributed by atoms with Crippen LogP contribution in [-0.4, -0.2) is 33.7 Å². The number of thiophene rings is 1. The summed E-state index contributed by atoms with van der Waals surface area (Å²) in [5, 5.41) is 12.0. The predicted molar refractivity (Wildman–Crippen MR) is 91.3 cm³/mol. The smallest absolute Gasteiger partial charge is 0.236 e. The molecule has 0 spiro atoms. The standard InChI is InChI=1S/C18H24N2O2S/c1-3-18(11-21)9-13-6-7-16(18)20(13)10-14-12(2)22-17(19-14)15-5-4-8-23-15/h4-5,8,13,16,21H,3,6-7,9-11H2,1-2H3/t13-,16+,18-/m0/s1. The Kier molecular flexibility index (Phi) is 3.82. The quantitative estimate of drug-likeness (QED) is 0.904. The van der Waals surface area contributed by atoms with Crippen LogP contribution in [0.3, 0.4) is 0 Å². The van der Waals surface area contributed by atoms with Gasteiger partial charge >= 0.3 is 0 Å². The molecule has 1 N–H and O–H groups in total. The molecule has 2 aromatic rings. The summed E-state index contributed by atoms with van der Waals surface area (Å²) in [6, 6.07) is 5.15. The van der Waals surface area contributed by atoms with Crippen LogP contribution in [0.25, 0.3) is 10.8 Å². The van der Waals surface area contributed by atoms with E-state index >= 15 is 0 Å². The Morgan fingerprint density at radius 1 is 1.48 bits per heavy atom. The van der Waals surface area contributed by atoms with E-state index in [0.29, 0.717) is 18.7 Å². The third-order valence-electron chi connectivity index (χ3n) is 5.97. The number of oxazole rings is 1. The molecular weight excluding hydrogens is 308 g/mol.